The van der Waals surface area contributed by atoms with Crippen LogP contribution in [-0.4, -0.2) is 48.7 Å². The second-order valence-electron chi connectivity index (χ2n) is 3.57. The van der Waals surface area contributed by atoms with Gasteiger partial charge >= 0.3 is 0 Å². The van der Waals surface area contributed by atoms with Crippen LogP contribution in [0.1, 0.15) is 6.92 Å². The van der Waals surface area contributed by atoms with E-state index in [1.165, 1.54) is 0 Å². The van der Waals surface area contributed by atoms with Crippen LogP contribution in [-0.2, 0) is 20.6 Å². The van der Waals surface area contributed by atoms with Gasteiger partial charge in [0.25, 0.3) is 0 Å². The molecule has 0 amide bonds. The van der Waals surface area contributed by atoms with Crippen LogP contribution in [0.15, 0.2) is 0 Å². The highest BCUT2D eigenvalue weighted by atomic mass is 32.2. The Hall–Kier alpha value is 0.0600. The van der Waals surface area contributed by atoms with E-state index >= 15 is 0 Å². The number of hydrogen-bond donors (Lipinski definition) is 1. The second-order valence-corrected chi connectivity index (χ2v) is 7.67. The first-order valence-corrected chi connectivity index (χ1v) is 8.10. The Bertz CT molecular complexity index is 296. The quantitative estimate of drug-likeness (QED) is 0.671. The van der Waals surface area contributed by atoms with E-state index in [9.17, 15) is 12.6 Å². The van der Waals surface area contributed by atoms with Gasteiger partial charge < -0.3 is 5.32 Å². The summed E-state index contributed by atoms with van der Waals surface area (Å²) in [5, 5.41) is 3.10. The molecule has 1 heterocycles. The van der Waals surface area contributed by atoms with Crippen LogP contribution in [0.3, 0.4) is 0 Å². The van der Waals surface area contributed by atoms with E-state index in [1.54, 1.807) is 6.92 Å². The van der Waals surface area contributed by atoms with Gasteiger partial charge in [0.1, 0.15) is 0 Å². The van der Waals surface area contributed by atoms with Gasteiger partial charge in [-0.3, -0.25) is 4.21 Å². The smallest absolute Gasteiger partial charge is 0.150 e. The summed E-state index contributed by atoms with van der Waals surface area (Å²) in [6.45, 7) is 3.46. The fourth-order valence-electron chi connectivity index (χ4n) is 1.18. The average molecular weight is 239 g/mol. The molecule has 1 fully saturated rings. The van der Waals surface area contributed by atoms with Gasteiger partial charge in [0.05, 0.1) is 5.75 Å². The molecule has 6 heteroatoms. The summed E-state index contributed by atoms with van der Waals surface area (Å²) in [5.41, 5.74) is 0. The monoisotopic (exact) mass is 239 g/mol. The summed E-state index contributed by atoms with van der Waals surface area (Å²) in [6.07, 6.45) is 0. The van der Waals surface area contributed by atoms with Crippen molar-refractivity contribution in [2.24, 2.45) is 5.92 Å². The van der Waals surface area contributed by atoms with Crippen molar-refractivity contribution in [2.45, 2.75) is 6.92 Å². The molecule has 0 aromatic heterocycles. The lowest BCUT2D eigenvalue weighted by Gasteiger charge is -2.26. The molecule has 1 atom stereocenters. The maximum atomic E-state index is 11.4. The van der Waals surface area contributed by atoms with Crippen molar-refractivity contribution < 1.29 is 12.6 Å². The zero-order valence-corrected chi connectivity index (χ0v) is 9.99. The van der Waals surface area contributed by atoms with Crippen molar-refractivity contribution in [1.82, 2.24) is 5.32 Å². The van der Waals surface area contributed by atoms with Crippen LogP contribution in [0, 0.1) is 5.92 Å². The van der Waals surface area contributed by atoms with Crippen molar-refractivity contribution in [3.8, 4) is 0 Å². The molecule has 0 spiro atoms. The Morgan fingerprint density at radius 3 is 2.50 bits per heavy atom. The molecule has 4 nitrogen and oxygen atoms in total. The normalized spacial score (nSPS) is 20.4. The molecule has 1 saturated heterocycles. The maximum Gasteiger partial charge on any atom is 0.150 e. The molecule has 1 rings (SSSR count). The third-order valence-electron chi connectivity index (χ3n) is 2.35. The Balaban J connectivity index is 2.20. The fourth-order valence-corrected chi connectivity index (χ4v) is 4.15. The Labute approximate surface area is 87.8 Å². The summed E-state index contributed by atoms with van der Waals surface area (Å²) in [5.74, 6) is 1.64. The van der Waals surface area contributed by atoms with E-state index in [2.05, 4.69) is 5.32 Å². The minimum absolute atomic E-state index is 0.0657. The van der Waals surface area contributed by atoms with E-state index in [4.69, 9.17) is 0 Å². The summed E-state index contributed by atoms with van der Waals surface area (Å²) in [4.78, 5) is 0. The van der Waals surface area contributed by atoms with Crippen molar-refractivity contribution in [1.29, 1.82) is 0 Å². The highest BCUT2D eigenvalue weighted by Gasteiger charge is 2.20. The van der Waals surface area contributed by atoms with Crippen molar-refractivity contribution in [2.75, 3.05) is 36.1 Å². The van der Waals surface area contributed by atoms with Gasteiger partial charge in [-0.1, -0.05) is 6.92 Å². The fraction of sp³-hybridized carbons (Fsp3) is 1.00. The Morgan fingerprint density at radius 1 is 1.43 bits per heavy atom. The predicted octanol–water partition coefficient (Wildman–Crippen LogP) is -0.611. The van der Waals surface area contributed by atoms with Crippen LogP contribution >= 0.6 is 0 Å². The molecule has 0 radical (unpaired) electrons. The van der Waals surface area contributed by atoms with Gasteiger partial charge in [0.15, 0.2) is 9.84 Å². The number of hydrogen-bond acceptors (Lipinski definition) is 4. The summed E-state index contributed by atoms with van der Waals surface area (Å²) in [6, 6.07) is 0. The zero-order chi connectivity index (χ0) is 10.6. The zero-order valence-electron chi connectivity index (χ0n) is 8.36. The van der Waals surface area contributed by atoms with E-state index in [-0.39, 0.29) is 11.5 Å². The number of nitrogens with one attached hydrogen (secondary N) is 1. The topological polar surface area (TPSA) is 63.2 Å². The molecule has 1 aliphatic rings. The lowest BCUT2D eigenvalue weighted by Crippen LogP contribution is -2.45. The molecule has 1 aliphatic heterocycles. The number of sulfone groups is 1. The molecule has 0 aliphatic carbocycles. The largest absolute Gasteiger partial charge is 0.316 e. The average Bonchev–Trinajstić information content (AvgIpc) is 2.08. The van der Waals surface area contributed by atoms with Crippen LogP contribution < -0.4 is 5.32 Å². The molecular weight excluding hydrogens is 222 g/mol. The van der Waals surface area contributed by atoms with Crippen molar-refractivity contribution in [3.05, 3.63) is 0 Å². The molecular formula is C8H17NO3S2. The molecule has 0 bridgehead atoms. The van der Waals surface area contributed by atoms with E-state index < -0.39 is 20.6 Å². The first-order valence-electron chi connectivity index (χ1n) is 4.79. The summed E-state index contributed by atoms with van der Waals surface area (Å²) >= 11 is 0. The molecule has 84 valence electrons. The standard InChI is InChI=1S/C8H17NO3S2/c1-2-14(11,12)4-3-13(10)7-8-5-9-6-8/h8-9H,2-7H2,1H3. The van der Waals surface area contributed by atoms with Gasteiger partial charge in [0, 0.05) is 41.1 Å². The Morgan fingerprint density at radius 2 is 2.07 bits per heavy atom. The predicted molar refractivity (Wildman–Crippen MR) is 58.6 cm³/mol. The van der Waals surface area contributed by atoms with Gasteiger partial charge in [-0.2, -0.15) is 0 Å². The molecule has 14 heavy (non-hydrogen) atoms. The summed E-state index contributed by atoms with van der Waals surface area (Å²) < 4.78 is 33.7. The third kappa shape index (κ3) is 4.06. The minimum Gasteiger partial charge on any atom is -0.316 e. The van der Waals surface area contributed by atoms with Crippen LogP contribution in [0.2, 0.25) is 0 Å². The number of rotatable bonds is 6. The molecule has 0 aromatic carbocycles. The maximum absolute atomic E-state index is 11.4. The lowest BCUT2D eigenvalue weighted by atomic mass is 10.1. The van der Waals surface area contributed by atoms with Gasteiger partial charge in [-0.05, 0) is 5.92 Å². The first kappa shape index (κ1) is 12.1. The van der Waals surface area contributed by atoms with E-state index in [0.717, 1.165) is 13.1 Å². The van der Waals surface area contributed by atoms with E-state index in [1.807, 2.05) is 0 Å². The summed E-state index contributed by atoms with van der Waals surface area (Å²) in [7, 11) is -3.91. The highest BCUT2D eigenvalue weighted by Crippen LogP contribution is 2.05. The highest BCUT2D eigenvalue weighted by molar-refractivity contribution is 7.93. The molecule has 0 aromatic rings. The second kappa shape index (κ2) is 5.23. The van der Waals surface area contributed by atoms with Crippen molar-refractivity contribution in [3.63, 3.8) is 0 Å². The third-order valence-corrected chi connectivity index (χ3v) is 5.82. The lowest BCUT2D eigenvalue weighted by molar-refractivity contribution is 0.382. The molecule has 1 N–H and O–H groups in total. The van der Waals surface area contributed by atoms with Crippen LogP contribution in [0.4, 0.5) is 0 Å². The minimum atomic E-state index is -2.95. The van der Waals surface area contributed by atoms with Gasteiger partial charge in [0.2, 0.25) is 0 Å². The van der Waals surface area contributed by atoms with Crippen LogP contribution in [0.25, 0.3) is 0 Å². The molecule has 0 saturated carbocycles. The first-order chi connectivity index (χ1) is 6.53. The SMILES string of the molecule is CCS(=O)(=O)CCS(=O)CC1CNC1. The van der Waals surface area contributed by atoms with Crippen molar-refractivity contribution >= 4 is 20.6 Å². The van der Waals surface area contributed by atoms with Gasteiger partial charge in [-0.25, -0.2) is 8.42 Å². The Kier molecular flexibility index (Phi) is 4.53. The van der Waals surface area contributed by atoms with Crippen LogP contribution in [0.5, 0.6) is 0 Å². The van der Waals surface area contributed by atoms with E-state index in [0.29, 0.717) is 17.4 Å². The molecule has 1 unspecified atom stereocenters. The van der Waals surface area contributed by atoms with Gasteiger partial charge in [-0.15, -0.1) is 0 Å².